The molecule has 0 saturated carbocycles. The predicted molar refractivity (Wildman–Crippen MR) is 96.3 cm³/mol. The van der Waals surface area contributed by atoms with Crippen molar-refractivity contribution in [2.45, 2.75) is 6.17 Å². The van der Waals surface area contributed by atoms with E-state index in [4.69, 9.17) is 9.98 Å². The van der Waals surface area contributed by atoms with Gasteiger partial charge in [-0.15, -0.1) is 0 Å². The van der Waals surface area contributed by atoms with E-state index in [9.17, 15) is 0 Å². The Morgan fingerprint density at radius 3 is 1.84 bits per heavy atom. The van der Waals surface area contributed by atoms with Crippen LogP contribution in [0.1, 0.15) is 22.9 Å². The number of amidine groups is 2. The fraction of sp³-hybridized carbons (Fsp3) is 0.105. The summed E-state index contributed by atoms with van der Waals surface area (Å²) < 4.78 is 0. The highest BCUT2D eigenvalue weighted by atomic mass is 15.3. The molecule has 3 aromatic rings. The van der Waals surface area contributed by atoms with Gasteiger partial charge in [-0.3, -0.25) is 15.0 Å². The molecule has 0 N–H and O–H groups in total. The highest BCUT2D eigenvalue weighted by Crippen LogP contribution is 2.27. The fourth-order valence-electron chi connectivity index (χ4n) is 2.77. The molecule has 6 nitrogen and oxygen atoms in total. The van der Waals surface area contributed by atoms with Crippen LogP contribution < -0.4 is 0 Å². The van der Waals surface area contributed by atoms with E-state index < -0.39 is 0 Å². The summed E-state index contributed by atoms with van der Waals surface area (Å²) >= 11 is 0. The van der Waals surface area contributed by atoms with Crippen molar-refractivity contribution in [3.05, 3.63) is 90.3 Å². The van der Waals surface area contributed by atoms with E-state index in [1.54, 1.807) is 37.2 Å². The van der Waals surface area contributed by atoms with Crippen LogP contribution in [0.25, 0.3) is 0 Å². The van der Waals surface area contributed by atoms with Crippen molar-refractivity contribution in [1.29, 1.82) is 0 Å². The first kappa shape index (κ1) is 15.1. The standard InChI is InChI=1S/C19H16N6/c1-25-18(15-4-10-21-11-5-15)23-17(14-2-8-20-9-3-14)24-19(25)16-6-12-22-13-7-16/h2-13,18H,1H3. The lowest BCUT2D eigenvalue weighted by Crippen LogP contribution is -2.35. The van der Waals surface area contributed by atoms with Gasteiger partial charge >= 0.3 is 0 Å². The first-order valence-electron chi connectivity index (χ1n) is 7.93. The molecule has 0 bridgehead atoms. The lowest BCUT2D eigenvalue weighted by atomic mass is 10.1. The quantitative estimate of drug-likeness (QED) is 0.741. The number of aliphatic imine (C=N–C) groups is 2. The number of hydrogen-bond donors (Lipinski definition) is 0. The molecule has 4 heterocycles. The summed E-state index contributed by atoms with van der Waals surface area (Å²) in [6.45, 7) is 0. The van der Waals surface area contributed by atoms with Crippen molar-refractivity contribution in [2.75, 3.05) is 7.05 Å². The third kappa shape index (κ3) is 3.01. The number of hydrogen-bond acceptors (Lipinski definition) is 6. The Bertz CT molecular complexity index is 906. The number of nitrogens with zero attached hydrogens (tertiary/aromatic N) is 6. The monoisotopic (exact) mass is 328 g/mol. The van der Waals surface area contributed by atoms with Gasteiger partial charge in [0.15, 0.2) is 12.0 Å². The molecule has 1 aliphatic rings. The Morgan fingerprint density at radius 1 is 0.720 bits per heavy atom. The van der Waals surface area contributed by atoms with E-state index in [0.29, 0.717) is 5.84 Å². The van der Waals surface area contributed by atoms with E-state index in [-0.39, 0.29) is 6.17 Å². The summed E-state index contributed by atoms with van der Waals surface area (Å²) in [5, 5.41) is 0. The number of rotatable bonds is 3. The van der Waals surface area contributed by atoms with Crippen LogP contribution in [-0.2, 0) is 0 Å². The van der Waals surface area contributed by atoms with Crippen LogP contribution in [0.4, 0.5) is 0 Å². The SMILES string of the molecule is CN1C(c2ccncc2)=NC(c2ccncc2)=NC1c1ccncc1. The first-order chi connectivity index (χ1) is 12.3. The average molecular weight is 328 g/mol. The van der Waals surface area contributed by atoms with Gasteiger partial charge < -0.3 is 4.90 Å². The second kappa shape index (κ2) is 6.60. The minimum absolute atomic E-state index is 0.174. The molecule has 6 heteroatoms. The van der Waals surface area contributed by atoms with Gasteiger partial charge in [-0.2, -0.15) is 0 Å². The summed E-state index contributed by atoms with van der Waals surface area (Å²) in [6.07, 6.45) is 10.4. The van der Waals surface area contributed by atoms with E-state index in [2.05, 4.69) is 19.9 Å². The van der Waals surface area contributed by atoms with Crippen molar-refractivity contribution >= 4 is 11.7 Å². The molecule has 25 heavy (non-hydrogen) atoms. The highest BCUT2D eigenvalue weighted by molar-refractivity contribution is 6.12. The van der Waals surface area contributed by atoms with E-state index >= 15 is 0 Å². The van der Waals surface area contributed by atoms with Crippen LogP contribution in [0.5, 0.6) is 0 Å². The molecular weight excluding hydrogens is 312 g/mol. The Hall–Kier alpha value is -3.41. The zero-order valence-electron chi connectivity index (χ0n) is 13.7. The van der Waals surface area contributed by atoms with Crippen LogP contribution in [0.15, 0.2) is 83.6 Å². The van der Waals surface area contributed by atoms with Gasteiger partial charge in [-0.05, 0) is 42.0 Å². The molecule has 0 aliphatic carbocycles. The maximum absolute atomic E-state index is 4.86. The number of pyridine rings is 3. The largest absolute Gasteiger partial charge is 0.333 e. The highest BCUT2D eigenvalue weighted by Gasteiger charge is 2.26. The molecule has 122 valence electrons. The maximum atomic E-state index is 4.86. The summed E-state index contributed by atoms with van der Waals surface area (Å²) in [5.74, 6) is 1.54. The second-order valence-electron chi connectivity index (χ2n) is 5.63. The van der Waals surface area contributed by atoms with Crippen molar-refractivity contribution < 1.29 is 0 Å². The summed E-state index contributed by atoms with van der Waals surface area (Å²) in [5.41, 5.74) is 3.00. The van der Waals surface area contributed by atoms with Crippen molar-refractivity contribution in [1.82, 2.24) is 19.9 Å². The van der Waals surface area contributed by atoms with Crippen LogP contribution in [-0.4, -0.2) is 38.6 Å². The minimum Gasteiger partial charge on any atom is -0.333 e. The second-order valence-corrected chi connectivity index (χ2v) is 5.63. The van der Waals surface area contributed by atoms with Crippen LogP contribution >= 0.6 is 0 Å². The molecule has 0 spiro atoms. The first-order valence-corrected chi connectivity index (χ1v) is 7.93. The van der Waals surface area contributed by atoms with Gasteiger partial charge in [-0.1, -0.05) is 0 Å². The molecule has 0 amide bonds. The topological polar surface area (TPSA) is 66.6 Å². The molecule has 0 radical (unpaired) electrons. The van der Waals surface area contributed by atoms with Crippen molar-refractivity contribution in [3.63, 3.8) is 0 Å². The van der Waals surface area contributed by atoms with Gasteiger partial charge in [0, 0.05) is 55.4 Å². The lowest BCUT2D eigenvalue weighted by Gasteiger charge is -2.32. The maximum Gasteiger partial charge on any atom is 0.159 e. The summed E-state index contributed by atoms with van der Waals surface area (Å²) in [4.78, 5) is 24.0. The molecule has 3 aromatic heterocycles. The minimum atomic E-state index is -0.174. The van der Waals surface area contributed by atoms with Gasteiger partial charge in [-0.25, -0.2) is 9.98 Å². The fourth-order valence-corrected chi connectivity index (χ4v) is 2.77. The van der Waals surface area contributed by atoms with Crippen molar-refractivity contribution in [2.24, 2.45) is 9.98 Å². The molecule has 0 aromatic carbocycles. The molecular formula is C19H16N6. The van der Waals surface area contributed by atoms with E-state index in [0.717, 1.165) is 22.5 Å². The van der Waals surface area contributed by atoms with Gasteiger partial charge in [0.05, 0.1) is 0 Å². The van der Waals surface area contributed by atoms with Crippen molar-refractivity contribution in [3.8, 4) is 0 Å². The van der Waals surface area contributed by atoms with Crippen LogP contribution in [0.2, 0.25) is 0 Å². The summed E-state index contributed by atoms with van der Waals surface area (Å²) in [7, 11) is 2.00. The molecule has 1 unspecified atom stereocenters. The zero-order valence-corrected chi connectivity index (χ0v) is 13.7. The third-order valence-corrected chi connectivity index (χ3v) is 4.04. The Labute approximate surface area is 145 Å². The Kier molecular flexibility index (Phi) is 4.00. The van der Waals surface area contributed by atoms with E-state index in [1.807, 2.05) is 43.4 Å². The van der Waals surface area contributed by atoms with E-state index in [1.165, 1.54) is 0 Å². The average Bonchev–Trinajstić information content (AvgIpc) is 2.70. The lowest BCUT2D eigenvalue weighted by molar-refractivity contribution is 0.382. The Morgan fingerprint density at radius 2 is 1.24 bits per heavy atom. The van der Waals surface area contributed by atoms with Gasteiger partial charge in [0.1, 0.15) is 5.84 Å². The van der Waals surface area contributed by atoms with Gasteiger partial charge in [0.25, 0.3) is 0 Å². The smallest absolute Gasteiger partial charge is 0.159 e. The number of aromatic nitrogens is 3. The normalized spacial score (nSPS) is 17.0. The molecule has 1 atom stereocenters. The van der Waals surface area contributed by atoms with Crippen LogP contribution in [0, 0.1) is 0 Å². The molecule has 0 saturated heterocycles. The predicted octanol–water partition coefficient (Wildman–Crippen LogP) is 2.71. The zero-order chi connectivity index (χ0) is 17.1. The van der Waals surface area contributed by atoms with Gasteiger partial charge in [0.2, 0.25) is 0 Å². The summed E-state index contributed by atoms with van der Waals surface area (Å²) in [6, 6.07) is 11.7. The molecule has 0 fully saturated rings. The Balaban J connectivity index is 1.84. The molecule has 4 rings (SSSR count). The molecule has 1 aliphatic heterocycles. The van der Waals surface area contributed by atoms with Crippen LogP contribution in [0.3, 0.4) is 0 Å². The third-order valence-electron chi connectivity index (χ3n) is 4.04.